The second kappa shape index (κ2) is 5.37. The first kappa shape index (κ1) is 15.3. The average molecular weight is 291 g/mol. The van der Waals surface area contributed by atoms with Crippen LogP contribution in [0, 0.1) is 13.8 Å². The van der Waals surface area contributed by atoms with Crippen molar-refractivity contribution in [1.29, 1.82) is 0 Å². The third-order valence-corrected chi connectivity index (χ3v) is 3.66. The summed E-state index contributed by atoms with van der Waals surface area (Å²) in [5.41, 5.74) is 3.72. The van der Waals surface area contributed by atoms with Gasteiger partial charge in [-0.15, -0.1) is 0 Å². The highest BCUT2D eigenvalue weighted by atomic mass is 16.3. The highest BCUT2D eigenvalue weighted by molar-refractivity contribution is 5.96. The molecule has 0 aliphatic rings. The maximum absolute atomic E-state index is 12.4. The van der Waals surface area contributed by atoms with Crippen LogP contribution in [-0.4, -0.2) is 54.0 Å². The molecule has 0 aliphatic carbocycles. The first-order valence-corrected chi connectivity index (χ1v) is 6.85. The number of imidazole rings is 1. The summed E-state index contributed by atoms with van der Waals surface area (Å²) >= 11 is 0. The van der Waals surface area contributed by atoms with Gasteiger partial charge < -0.3 is 14.9 Å². The zero-order valence-corrected chi connectivity index (χ0v) is 13.5. The van der Waals surface area contributed by atoms with Crippen LogP contribution in [0.4, 0.5) is 0 Å². The van der Waals surface area contributed by atoms with Crippen molar-refractivity contribution in [2.24, 2.45) is 0 Å². The minimum Gasteiger partial charge on any atom is -0.501 e. The van der Waals surface area contributed by atoms with E-state index in [4.69, 9.17) is 0 Å². The number of nitrogens with one attached hydrogen (secondary N) is 1. The number of pyridine rings is 1. The van der Waals surface area contributed by atoms with Crippen LogP contribution >= 0.6 is 0 Å². The largest absolute Gasteiger partial charge is 0.501 e. The number of aryl methyl sites for hydroxylation is 2. The van der Waals surface area contributed by atoms with Crippen LogP contribution in [0.15, 0.2) is 6.20 Å². The summed E-state index contributed by atoms with van der Waals surface area (Å²) in [6.07, 6.45) is 1.80. The summed E-state index contributed by atoms with van der Waals surface area (Å²) in [5, 5.41) is 10.6. The van der Waals surface area contributed by atoms with Gasteiger partial charge in [0.15, 0.2) is 0 Å². The summed E-state index contributed by atoms with van der Waals surface area (Å²) in [4.78, 5) is 19.1. The van der Waals surface area contributed by atoms with Crippen LogP contribution in [0.25, 0.3) is 5.65 Å². The number of carbonyl (C=O) groups excluding carboxylic acids is 1. The molecule has 2 rings (SSSR count). The molecular formula is C15H23N4O2+. The minimum atomic E-state index is -0.116. The van der Waals surface area contributed by atoms with Crippen molar-refractivity contribution in [3.05, 3.63) is 28.7 Å². The molecule has 6 heteroatoms. The summed E-state index contributed by atoms with van der Waals surface area (Å²) < 4.78 is 1.83. The van der Waals surface area contributed by atoms with Gasteiger partial charge in [-0.3, -0.25) is 4.79 Å². The van der Waals surface area contributed by atoms with Gasteiger partial charge in [0.2, 0.25) is 5.75 Å². The van der Waals surface area contributed by atoms with Gasteiger partial charge in [0.25, 0.3) is 5.91 Å². The van der Waals surface area contributed by atoms with Crippen LogP contribution in [0.5, 0.6) is 5.75 Å². The van der Waals surface area contributed by atoms with Gasteiger partial charge in [0.05, 0.1) is 5.56 Å². The van der Waals surface area contributed by atoms with Crippen LogP contribution in [0.1, 0.15) is 27.3 Å². The molecular weight excluding hydrogens is 268 g/mol. The predicted molar refractivity (Wildman–Crippen MR) is 80.5 cm³/mol. The smallest absolute Gasteiger partial charge is 0.327 e. The van der Waals surface area contributed by atoms with Crippen LogP contribution in [0.3, 0.4) is 0 Å². The van der Waals surface area contributed by atoms with E-state index in [0.29, 0.717) is 23.3 Å². The predicted octanol–water partition coefficient (Wildman–Crippen LogP) is 0.839. The van der Waals surface area contributed by atoms with Crippen LogP contribution in [0.2, 0.25) is 0 Å². The fraction of sp³-hybridized carbons (Fsp3) is 0.467. The number of amides is 1. The van der Waals surface area contributed by atoms with Crippen molar-refractivity contribution in [2.45, 2.75) is 20.4 Å². The van der Waals surface area contributed by atoms with Gasteiger partial charge in [0, 0.05) is 40.1 Å². The van der Waals surface area contributed by atoms with E-state index in [1.54, 1.807) is 20.3 Å². The number of aromatic hydroxyl groups is 1. The Kier molecular flexibility index (Phi) is 3.91. The fourth-order valence-electron chi connectivity index (χ4n) is 2.39. The molecule has 0 spiro atoms. The van der Waals surface area contributed by atoms with E-state index in [9.17, 15) is 9.90 Å². The Morgan fingerprint density at radius 2 is 1.90 bits per heavy atom. The second-order valence-corrected chi connectivity index (χ2v) is 5.86. The normalized spacial score (nSPS) is 11.4. The quantitative estimate of drug-likeness (QED) is 0.824. The third kappa shape index (κ3) is 2.58. The topological polar surface area (TPSA) is 63.7 Å². The minimum absolute atomic E-state index is 0.116. The molecule has 0 unspecified atom stereocenters. The van der Waals surface area contributed by atoms with E-state index in [1.165, 1.54) is 4.90 Å². The SMILES string of the molecule is Cc1[nH]c2c(O)c(CN(C)C)c(C(=O)N(C)C)c[n+]2c1C. The third-order valence-electron chi connectivity index (χ3n) is 3.66. The molecule has 0 atom stereocenters. The fourth-order valence-corrected chi connectivity index (χ4v) is 2.39. The molecule has 21 heavy (non-hydrogen) atoms. The standard InChI is InChI=1S/C15H22N4O2/c1-9-10(2)19-8-12(15(21)18(5)6)11(7-17(3)4)13(20)14(19)16-9/h8,20H,7H2,1-6H3/p+1. The number of H-pyrrole nitrogens is 1. The van der Waals surface area contributed by atoms with Crippen molar-refractivity contribution in [2.75, 3.05) is 28.2 Å². The molecule has 0 bridgehead atoms. The maximum Gasteiger partial charge on any atom is 0.327 e. The molecule has 0 radical (unpaired) electrons. The molecule has 1 amide bonds. The Morgan fingerprint density at radius 3 is 2.43 bits per heavy atom. The molecule has 0 aliphatic heterocycles. The van der Waals surface area contributed by atoms with E-state index in [-0.39, 0.29) is 11.7 Å². The van der Waals surface area contributed by atoms with Crippen molar-refractivity contribution in [1.82, 2.24) is 14.8 Å². The molecule has 2 heterocycles. The summed E-state index contributed by atoms with van der Waals surface area (Å²) in [6.45, 7) is 4.39. The van der Waals surface area contributed by atoms with Crippen molar-refractivity contribution < 1.29 is 14.3 Å². The number of aromatic nitrogens is 2. The maximum atomic E-state index is 12.4. The van der Waals surface area contributed by atoms with E-state index >= 15 is 0 Å². The number of aromatic amines is 1. The number of nitrogens with zero attached hydrogens (tertiary/aromatic N) is 3. The molecule has 0 aromatic carbocycles. The van der Waals surface area contributed by atoms with Crippen molar-refractivity contribution in [3.8, 4) is 5.75 Å². The lowest BCUT2D eigenvalue weighted by Crippen LogP contribution is -2.31. The van der Waals surface area contributed by atoms with Crippen molar-refractivity contribution in [3.63, 3.8) is 0 Å². The van der Waals surface area contributed by atoms with Crippen molar-refractivity contribution >= 4 is 11.6 Å². The highest BCUT2D eigenvalue weighted by Crippen LogP contribution is 2.26. The molecule has 0 saturated carbocycles. The van der Waals surface area contributed by atoms with Gasteiger partial charge in [-0.05, 0) is 14.1 Å². The van der Waals surface area contributed by atoms with Crippen LogP contribution in [-0.2, 0) is 6.54 Å². The molecule has 2 N–H and O–H groups in total. The molecule has 0 fully saturated rings. The molecule has 6 nitrogen and oxygen atoms in total. The molecule has 114 valence electrons. The van der Waals surface area contributed by atoms with Gasteiger partial charge in [-0.25, -0.2) is 4.98 Å². The highest BCUT2D eigenvalue weighted by Gasteiger charge is 2.26. The Bertz CT molecular complexity index is 701. The summed E-state index contributed by atoms with van der Waals surface area (Å²) in [6, 6.07) is 0. The van der Waals surface area contributed by atoms with Crippen LogP contribution < -0.4 is 4.40 Å². The Hall–Kier alpha value is -2.08. The first-order chi connectivity index (χ1) is 9.73. The van der Waals surface area contributed by atoms with Gasteiger partial charge >= 0.3 is 5.65 Å². The van der Waals surface area contributed by atoms with Gasteiger partial charge in [-0.2, -0.15) is 4.40 Å². The number of hydrogen-bond donors (Lipinski definition) is 2. The number of rotatable bonds is 3. The van der Waals surface area contributed by atoms with E-state index in [1.807, 2.05) is 37.2 Å². The van der Waals surface area contributed by atoms with Gasteiger partial charge in [-0.1, -0.05) is 0 Å². The van der Waals surface area contributed by atoms with Gasteiger partial charge in [0.1, 0.15) is 17.6 Å². The van der Waals surface area contributed by atoms with E-state index in [0.717, 1.165) is 11.4 Å². The lowest BCUT2D eigenvalue weighted by atomic mass is 10.1. The number of carbonyl (C=O) groups is 1. The first-order valence-electron chi connectivity index (χ1n) is 6.85. The Balaban J connectivity index is 2.79. The zero-order chi connectivity index (χ0) is 15.9. The lowest BCUT2D eigenvalue weighted by molar-refractivity contribution is -0.518. The molecule has 0 saturated heterocycles. The lowest BCUT2D eigenvalue weighted by Gasteiger charge is -2.17. The summed E-state index contributed by atoms with van der Waals surface area (Å²) in [7, 11) is 7.24. The Morgan fingerprint density at radius 1 is 1.29 bits per heavy atom. The molecule has 2 aromatic rings. The zero-order valence-electron chi connectivity index (χ0n) is 13.5. The number of hydrogen-bond acceptors (Lipinski definition) is 3. The monoisotopic (exact) mass is 291 g/mol. The van der Waals surface area contributed by atoms with E-state index < -0.39 is 0 Å². The Labute approximate surface area is 124 Å². The second-order valence-electron chi connectivity index (χ2n) is 5.86. The summed E-state index contributed by atoms with van der Waals surface area (Å²) in [5.74, 6) is 0.0161. The molecule has 2 aromatic heterocycles. The number of fused-ring (bicyclic) bond motifs is 1. The van der Waals surface area contributed by atoms with E-state index in [2.05, 4.69) is 4.98 Å². The average Bonchev–Trinajstić information content (AvgIpc) is 2.68.